The van der Waals surface area contributed by atoms with E-state index in [-0.39, 0.29) is 0 Å². The quantitative estimate of drug-likeness (QED) is 0.698. The molecule has 0 aromatic carbocycles. The van der Waals surface area contributed by atoms with E-state index < -0.39 is 0 Å². The first-order chi connectivity index (χ1) is 2.91. The molecule has 0 saturated carbocycles. The van der Waals surface area contributed by atoms with Gasteiger partial charge in [-0.1, -0.05) is 26.7 Å². The van der Waals surface area contributed by atoms with Gasteiger partial charge in [-0.05, 0) is 0 Å². The molecule has 0 aliphatic rings. The van der Waals surface area contributed by atoms with Crippen molar-refractivity contribution in [3.63, 3.8) is 0 Å². The van der Waals surface area contributed by atoms with Crippen molar-refractivity contribution in [1.82, 2.24) is 0 Å². The van der Waals surface area contributed by atoms with Gasteiger partial charge in [-0.3, -0.25) is 0 Å². The van der Waals surface area contributed by atoms with Gasteiger partial charge in [0.15, 0.2) is 0 Å². The molecule has 0 aliphatic heterocycles. The summed E-state index contributed by atoms with van der Waals surface area (Å²) in [5, 5.41) is 0. The summed E-state index contributed by atoms with van der Waals surface area (Å²) in [5.41, 5.74) is 0. The molecule has 0 spiro atoms. The first kappa shape index (κ1) is 9.95. The van der Waals surface area contributed by atoms with Gasteiger partial charge in [0, 0.05) is 0 Å². The molecule has 0 aliphatic carbocycles. The fourth-order valence-corrected chi connectivity index (χ4v) is 0. The van der Waals surface area contributed by atoms with Gasteiger partial charge < -0.3 is 0 Å². The Morgan fingerprint density at radius 3 is 1.33 bits per heavy atom. The van der Waals surface area contributed by atoms with Crippen LogP contribution in [0.2, 0.25) is 0 Å². The second-order valence-corrected chi connectivity index (χ2v) is 1.000. The molecule has 0 unspecified atom stereocenters. The Hall–Kier alpha value is 0.830. The molecule has 0 bridgehead atoms. The number of rotatable bonds is 1. The van der Waals surface area contributed by atoms with Crippen molar-refractivity contribution in [3.8, 4) is 0 Å². The molecule has 0 heterocycles. The molecule has 6 heavy (non-hydrogen) atoms. The Bertz CT molecular complexity index is 9.51. The third kappa shape index (κ3) is 21.2. The predicted molar refractivity (Wildman–Crippen MR) is 24.8 cm³/mol. The van der Waals surface area contributed by atoms with Crippen LogP contribution < -0.4 is 3.72 Å². The summed E-state index contributed by atoms with van der Waals surface area (Å²) in [6, 6.07) is 0. The van der Waals surface area contributed by atoms with Crippen LogP contribution in [0, 0.1) is 0 Å². The van der Waals surface area contributed by atoms with Gasteiger partial charge in [0.1, 0.15) is 0 Å². The van der Waals surface area contributed by atoms with Crippen LogP contribution in [0.5, 0.6) is 0 Å². The molecule has 2 heteroatoms. The molecule has 0 radical (unpaired) electrons. The molecule has 0 atom stereocenters. The zero-order valence-electron chi connectivity index (χ0n) is 4.49. The molecule has 0 aromatic heterocycles. The third-order valence-electron chi connectivity index (χ3n) is 0.500. The van der Waals surface area contributed by atoms with Crippen LogP contribution in [0.4, 0.5) is 0 Å². The van der Waals surface area contributed by atoms with Crippen LogP contribution in [0.25, 0.3) is 0 Å². The second kappa shape index (κ2) is 17.0. The molecule has 0 aromatic rings. The number of hydrogen-bond acceptors (Lipinski definition) is 1. The Morgan fingerprint density at radius 1 is 1.17 bits per heavy atom. The molecule has 0 amide bonds. The van der Waals surface area contributed by atoms with Crippen LogP contribution >= 0.6 is 0 Å². The van der Waals surface area contributed by atoms with Gasteiger partial charge in [0.25, 0.3) is 0 Å². The summed E-state index contributed by atoms with van der Waals surface area (Å²) in [5.74, 6) is 0. The van der Waals surface area contributed by atoms with E-state index in [1.807, 2.05) is 0 Å². The normalized spacial score (nSPS) is 5.67. The van der Waals surface area contributed by atoms with E-state index in [4.69, 9.17) is 0 Å². The van der Waals surface area contributed by atoms with E-state index in [1.165, 1.54) is 12.8 Å². The standard InChI is InChI=1S/C4H10.Hf.H2N/c1-3-4-2;;/h3-4H2,1-2H3;;1H2/q;+1;-1. The van der Waals surface area contributed by atoms with Crippen LogP contribution in [-0.2, 0) is 24.7 Å². The Kier molecular flexibility index (Phi) is 28.2. The average Bonchev–Trinajstić information content (AvgIpc) is 1.72. The van der Waals surface area contributed by atoms with Crippen molar-refractivity contribution in [2.24, 2.45) is 3.72 Å². The van der Waals surface area contributed by atoms with Gasteiger partial charge in [0.2, 0.25) is 0 Å². The van der Waals surface area contributed by atoms with Crippen molar-refractivity contribution in [2.45, 2.75) is 26.7 Å². The fraction of sp³-hybridized carbons (Fsp3) is 1.00. The SMILES string of the molecule is CCCC.[NH2][Hf]. The van der Waals surface area contributed by atoms with Crippen molar-refractivity contribution in [2.75, 3.05) is 0 Å². The summed E-state index contributed by atoms with van der Waals surface area (Å²) in [7, 11) is 0. The van der Waals surface area contributed by atoms with Gasteiger partial charge in [-0.2, -0.15) is 0 Å². The number of unbranched alkanes of at least 4 members (excludes halogenated alkanes) is 1. The summed E-state index contributed by atoms with van der Waals surface area (Å²) in [4.78, 5) is 0. The Labute approximate surface area is 55.3 Å². The Morgan fingerprint density at radius 2 is 1.33 bits per heavy atom. The summed E-state index contributed by atoms with van der Waals surface area (Å²) in [6.45, 7) is 4.36. The van der Waals surface area contributed by atoms with E-state index in [2.05, 4.69) is 17.6 Å². The fourth-order valence-electron chi connectivity index (χ4n) is 0. The molecule has 0 fully saturated rings. The van der Waals surface area contributed by atoms with E-state index >= 15 is 0 Å². The first-order valence-corrected chi connectivity index (χ1v) is 4.28. The monoisotopic (exact) mass is 254 g/mol. The maximum atomic E-state index is 4.64. The van der Waals surface area contributed by atoms with Gasteiger partial charge in [0.05, 0.1) is 0 Å². The predicted octanol–water partition coefficient (Wildman–Crippen LogP) is 1.21. The number of hydrogen-bond donors (Lipinski definition) is 1. The van der Waals surface area contributed by atoms with Crippen LogP contribution in [-0.4, -0.2) is 0 Å². The van der Waals surface area contributed by atoms with Gasteiger partial charge in [-0.25, -0.2) is 0 Å². The van der Waals surface area contributed by atoms with E-state index in [9.17, 15) is 0 Å². The molecule has 1 nitrogen and oxygen atoms in total. The van der Waals surface area contributed by atoms with Crippen molar-refractivity contribution in [1.29, 1.82) is 0 Å². The zero-order valence-corrected chi connectivity index (χ0v) is 8.08. The van der Waals surface area contributed by atoms with E-state index in [0.29, 0.717) is 0 Å². The van der Waals surface area contributed by atoms with Crippen LogP contribution in [0.1, 0.15) is 26.7 Å². The molecular weight excluding hydrogens is 241 g/mol. The number of nitrogens with two attached hydrogens (primary N) is 1. The topological polar surface area (TPSA) is 26.0 Å². The molecular formula is C4H12HfN. The Balaban J connectivity index is 0. The summed E-state index contributed by atoms with van der Waals surface area (Å²) >= 11 is 0.806. The first-order valence-electron chi connectivity index (χ1n) is 2.20. The summed E-state index contributed by atoms with van der Waals surface area (Å²) < 4.78 is 4.64. The van der Waals surface area contributed by atoms with Crippen LogP contribution in [0.3, 0.4) is 0 Å². The molecule has 0 saturated heterocycles. The zero-order chi connectivity index (χ0) is 5.41. The minimum absolute atomic E-state index is 0.806. The van der Waals surface area contributed by atoms with E-state index in [1.54, 1.807) is 0 Å². The minimum atomic E-state index is 0.806. The average molecular weight is 253 g/mol. The molecule has 0 rings (SSSR count). The van der Waals surface area contributed by atoms with Gasteiger partial charge in [-0.15, -0.1) is 0 Å². The third-order valence-corrected chi connectivity index (χ3v) is 0.500. The van der Waals surface area contributed by atoms with Crippen molar-refractivity contribution < 1.29 is 24.7 Å². The van der Waals surface area contributed by atoms with E-state index in [0.717, 1.165) is 24.7 Å². The maximum absolute atomic E-state index is 4.64. The van der Waals surface area contributed by atoms with Crippen molar-refractivity contribution >= 4 is 0 Å². The molecule has 37 valence electrons. The van der Waals surface area contributed by atoms with Crippen LogP contribution in [0.15, 0.2) is 0 Å². The summed E-state index contributed by atoms with van der Waals surface area (Å²) in [6.07, 6.45) is 2.64. The molecule has 2 N–H and O–H groups in total. The second-order valence-electron chi connectivity index (χ2n) is 1.000. The van der Waals surface area contributed by atoms with Gasteiger partial charge >= 0.3 is 28.4 Å². The van der Waals surface area contributed by atoms with Crippen molar-refractivity contribution in [3.05, 3.63) is 0 Å².